The summed E-state index contributed by atoms with van der Waals surface area (Å²) in [6.07, 6.45) is 0.998. The molecule has 0 bridgehead atoms. The van der Waals surface area contributed by atoms with Crippen LogP contribution in [0.25, 0.3) is 0 Å². The van der Waals surface area contributed by atoms with Crippen LogP contribution in [-0.2, 0) is 32.6 Å². The van der Waals surface area contributed by atoms with Crippen LogP contribution < -0.4 is 9.62 Å². The Bertz CT molecular complexity index is 1680. The lowest BCUT2D eigenvalue weighted by molar-refractivity contribution is -0.140. The quantitative estimate of drug-likeness (QED) is 0.187. The minimum atomic E-state index is -4.19. The summed E-state index contributed by atoms with van der Waals surface area (Å²) in [5.74, 6) is -0.794. The zero-order chi connectivity index (χ0) is 31.7. The van der Waals surface area contributed by atoms with Gasteiger partial charge >= 0.3 is 0 Å². The van der Waals surface area contributed by atoms with Crippen molar-refractivity contribution >= 4 is 39.1 Å². The largest absolute Gasteiger partial charge is 0.354 e. The van der Waals surface area contributed by atoms with Crippen molar-refractivity contribution in [1.29, 1.82) is 0 Å². The van der Waals surface area contributed by atoms with Gasteiger partial charge in [-0.05, 0) is 73.4 Å². The van der Waals surface area contributed by atoms with Crippen molar-refractivity contribution in [1.82, 2.24) is 10.2 Å². The highest BCUT2D eigenvalue weighted by atomic mass is 35.5. The summed E-state index contributed by atoms with van der Waals surface area (Å²) in [4.78, 5) is 29.7. The number of nitrogens with zero attached hydrogens (tertiary/aromatic N) is 2. The highest BCUT2D eigenvalue weighted by Gasteiger charge is 2.34. The second-order valence-electron chi connectivity index (χ2n) is 10.8. The third kappa shape index (κ3) is 8.49. The molecule has 4 aromatic rings. The number of halogens is 1. The molecule has 1 N–H and O–H groups in total. The lowest BCUT2D eigenvalue weighted by atomic mass is 10.0. The Morgan fingerprint density at radius 3 is 2.09 bits per heavy atom. The molecule has 0 aliphatic heterocycles. The summed E-state index contributed by atoms with van der Waals surface area (Å²) in [6, 6.07) is 29.2. The molecule has 0 aliphatic rings. The van der Waals surface area contributed by atoms with Crippen molar-refractivity contribution < 1.29 is 18.0 Å². The number of anilines is 1. The maximum atomic E-state index is 14.5. The van der Waals surface area contributed by atoms with Crippen molar-refractivity contribution in [2.45, 2.75) is 51.1 Å². The first-order chi connectivity index (χ1) is 21.1. The van der Waals surface area contributed by atoms with Gasteiger partial charge in [0.15, 0.2) is 0 Å². The van der Waals surface area contributed by atoms with Gasteiger partial charge in [0.2, 0.25) is 11.8 Å². The van der Waals surface area contributed by atoms with Crippen LogP contribution in [0.15, 0.2) is 108 Å². The normalized spacial score (nSPS) is 11.9. The summed E-state index contributed by atoms with van der Waals surface area (Å²) < 4.78 is 29.3. The molecule has 44 heavy (non-hydrogen) atoms. The van der Waals surface area contributed by atoms with Crippen molar-refractivity contribution in [3.05, 3.63) is 130 Å². The molecule has 230 valence electrons. The molecular formula is C35H38ClN3O4S. The summed E-state index contributed by atoms with van der Waals surface area (Å²) >= 11 is 6.05. The Morgan fingerprint density at radius 1 is 0.818 bits per heavy atom. The van der Waals surface area contributed by atoms with E-state index in [1.807, 2.05) is 81.4 Å². The smallest absolute Gasteiger partial charge is 0.264 e. The van der Waals surface area contributed by atoms with Gasteiger partial charge in [0.05, 0.1) is 10.6 Å². The van der Waals surface area contributed by atoms with Crippen LogP contribution in [0.1, 0.15) is 35.6 Å². The van der Waals surface area contributed by atoms with Gasteiger partial charge in [0.25, 0.3) is 10.0 Å². The molecule has 0 aliphatic carbocycles. The molecule has 1 atom stereocenters. The molecule has 0 fully saturated rings. The standard InChI is InChI=1S/C35H38ClN3O4S/c1-4-20-37-35(41)33(23-28-12-6-5-7-13-28)38(24-29-14-8-10-26(2)21-29)34(40)25-39(31-15-9-11-27(3)22-31)44(42,43)32-18-16-30(36)17-19-32/h5-19,21-22,33H,4,20,23-25H2,1-3H3,(H,37,41)/t33-/m0/s1. The molecule has 0 heterocycles. The molecule has 0 radical (unpaired) electrons. The van der Waals surface area contributed by atoms with Gasteiger partial charge in [-0.25, -0.2) is 8.42 Å². The van der Waals surface area contributed by atoms with E-state index in [9.17, 15) is 18.0 Å². The highest BCUT2D eigenvalue weighted by molar-refractivity contribution is 7.92. The van der Waals surface area contributed by atoms with Crippen LogP contribution in [-0.4, -0.2) is 44.3 Å². The predicted octanol–water partition coefficient (Wildman–Crippen LogP) is 6.32. The first-order valence-electron chi connectivity index (χ1n) is 14.6. The van der Waals surface area contributed by atoms with Gasteiger partial charge in [0, 0.05) is 24.5 Å². The van der Waals surface area contributed by atoms with E-state index in [1.165, 1.54) is 29.2 Å². The van der Waals surface area contributed by atoms with Crippen LogP contribution in [0, 0.1) is 13.8 Å². The van der Waals surface area contributed by atoms with E-state index in [0.717, 1.165) is 33.0 Å². The number of aryl methyl sites for hydroxylation is 2. The summed E-state index contributed by atoms with van der Waals surface area (Å²) in [5.41, 5.74) is 3.91. The minimum Gasteiger partial charge on any atom is -0.354 e. The number of hydrogen-bond acceptors (Lipinski definition) is 4. The van der Waals surface area contributed by atoms with Crippen LogP contribution in [0.5, 0.6) is 0 Å². The molecule has 0 aromatic heterocycles. The first kappa shape index (κ1) is 32.8. The van der Waals surface area contributed by atoms with Crippen LogP contribution >= 0.6 is 11.6 Å². The van der Waals surface area contributed by atoms with E-state index < -0.39 is 28.5 Å². The average molecular weight is 632 g/mol. The maximum Gasteiger partial charge on any atom is 0.264 e. The van der Waals surface area contributed by atoms with Crippen LogP contribution in [0.4, 0.5) is 5.69 Å². The molecule has 4 rings (SSSR count). The summed E-state index contributed by atoms with van der Waals surface area (Å²) in [7, 11) is -4.19. The van der Waals surface area contributed by atoms with Crippen molar-refractivity contribution in [2.75, 3.05) is 17.4 Å². The number of nitrogens with one attached hydrogen (secondary N) is 1. The molecule has 4 aromatic carbocycles. The van der Waals surface area contributed by atoms with E-state index in [-0.39, 0.29) is 23.8 Å². The van der Waals surface area contributed by atoms with E-state index in [2.05, 4.69) is 5.32 Å². The third-order valence-corrected chi connectivity index (χ3v) is 9.27. The molecule has 9 heteroatoms. The Balaban J connectivity index is 1.80. The molecule has 7 nitrogen and oxygen atoms in total. The fourth-order valence-electron chi connectivity index (χ4n) is 4.97. The Hall–Kier alpha value is -4.14. The van der Waals surface area contributed by atoms with Gasteiger partial charge in [0.1, 0.15) is 12.6 Å². The van der Waals surface area contributed by atoms with E-state index in [1.54, 1.807) is 18.2 Å². The van der Waals surface area contributed by atoms with Gasteiger partial charge in [-0.3, -0.25) is 13.9 Å². The number of sulfonamides is 1. The van der Waals surface area contributed by atoms with Gasteiger partial charge in [-0.15, -0.1) is 0 Å². The number of carbonyl (C=O) groups is 2. The molecule has 0 saturated heterocycles. The Labute approximate surface area is 265 Å². The third-order valence-electron chi connectivity index (χ3n) is 7.23. The van der Waals surface area contributed by atoms with Gasteiger partial charge < -0.3 is 10.2 Å². The average Bonchev–Trinajstić information content (AvgIpc) is 3.01. The van der Waals surface area contributed by atoms with E-state index in [0.29, 0.717) is 17.3 Å². The number of benzene rings is 4. The number of carbonyl (C=O) groups excluding carboxylic acids is 2. The highest BCUT2D eigenvalue weighted by Crippen LogP contribution is 2.27. The second kappa shape index (κ2) is 15.0. The second-order valence-corrected chi connectivity index (χ2v) is 13.1. The number of rotatable bonds is 13. The topological polar surface area (TPSA) is 86.8 Å². The van der Waals surface area contributed by atoms with Crippen LogP contribution in [0.3, 0.4) is 0 Å². The predicted molar refractivity (Wildman–Crippen MR) is 176 cm³/mol. The SMILES string of the molecule is CCCNC(=O)[C@H](Cc1ccccc1)N(Cc1cccc(C)c1)C(=O)CN(c1cccc(C)c1)S(=O)(=O)c1ccc(Cl)cc1. The van der Waals surface area contributed by atoms with E-state index in [4.69, 9.17) is 11.6 Å². The Morgan fingerprint density at radius 2 is 1.45 bits per heavy atom. The van der Waals surface area contributed by atoms with Crippen molar-refractivity contribution in [3.63, 3.8) is 0 Å². The molecule has 0 saturated carbocycles. The van der Waals surface area contributed by atoms with Crippen LogP contribution in [0.2, 0.25) is 5.02 Å². The van der Waals surface area contributed by atoms with Gasteiger partial charge in [-0.2, -0.15) is 0 Å². The molecule has 0 unspecified atom stereocenters. The maximum absolute atomic E-state index is 14.5. The van der Waals surface area contributed by atoms with Gasteiger partial charge in [-0.1, -0.05) is 90.8 Å². The first-order valence-corrected chi connectivity index (χ1v) is 16.4. The summed E-state index contributed by atoms with van der Waals surface area (Å²) in [5, 5.41) is 3.36. The van der Waals surface area contributed by atoms with Crippen molar-refractivity contribution in [3.8, 4) is 0 Å². The Kier molecular flexibility index (Phi) is 11.2. The monoisotopic (exact) mass is 631 g/mol. The number of hydrogen-bond donors (Lipinski definition) is 1. The summed E-state index contributed by atoms with van der Waals surface area (Å²) in [6.45, 7) is 5.85. The van der Waals surface area contributed by atoms with E-state index >= 15 is 0 Å². The lowest BCUT2D eigenvalue weighted by Crippen LogP contribution is -2.53. The molecular weight excluding hydrogens is 594 g/mol. The molecule has 0 spiro atoms. The number of amides is 2. The fourth-order valence-corrected chi connectivity index (χ4v) is 6.50. The lowest BCUT2D eigenvalue weighted by Gasteiger charge is -2.34. The zero-order valence-electron chi connectivity index (χ0n) is 25.2. The van der Waals surface area contributed by atoms with Crippen molar-refractivity contribution in [2.24, 2.45) is 0 Å². The minimum absolute atomic E-state index is 0.00275. The fraction of sp³-hybridized carbons (Fsp3) is 0.257. The zero-order valence-corrected chi connectivity index (χ0v) is 26.8. The molecule has 2 amide bonds.